The van der Waals surface area contributed by atoms with Crippen LogP contribution < -0.4 is 10.2 Å². The summed E-state index contributed by atoms with van der Waals surface area (Å²) in [5.74, 6) is -3.80. The Morgan fingerprint density at radius 2 is 1.95 bits per heavy atom. The van der Waals surface area contributed by atoms with Crippen LogP contribution in [0, 0.1) is 24.6 Å². The largest absolute Gasteiger partial charge is 0.372 e. The van der Waals surface area contributed by atoms with Gasteiger partial charge in [0.2, 0.25) is 6.43 Å². The topological polar surface area (TPSA) is 82.5 Å². The van der Waals surface area contributed by atoms with Gasteiger partial charge in [0.1, 0.15) is 5.82 Å². The first-order valence-corrected chi connectivity index (χ1v) is 13.1. The van der Waals surface area contributed by atoms with Crippen molar-refractivity contribution in [1.82, 2.24) is 10.3 Å². The van der Waals surface area contributed by atoms with Crippen molar-refractivity contribution in [3.05, 3.63) is 95.1 Å². The lowest BCUT2D eigenvalue weighted by atomic mass is 9.77. The Morgan fingerprint density at radius 3 is 2.64 bits per heavy atom. The second-order valence-electron chi connectivity index (χ2n) is 10.2. The van der Waals surface area contributed by atoms with Gasteiger partial charge in [0.25, 0.3) is 11.8 Å². The minimum Gasteiger partial charge on any atom is -0.372 e. The number of aromatic nitrogens is 1. The van der Waals surface area contributed by atoms with E-state index in [1.807, 2.05) is 6.92 Å². The van der Waals surface area contributed by atoms with E-state index in [1.165, 1.54) is 41.6 Å². The quantitative estimate of drug-likeness (QED) is 0.426. The lowest BCUT2D eigenvalue weighted by molar-refractivity contribution is -0.132. The Kier molecular flexibility index (Phi) is 7.39. The van der Waals surface area contributed by atoms with Crippen LogP contribution in [-0.2, 0) is 10.4 Å². The first kappa shape index (κ1) is 27.1. The SMILES string of the molecule is Cc1ccc2c(c1)N(C[C@H]1C[C@@H](C(F)F)[C@H](NC(=O)c3cccnc3)C[C@H]1Cl)C(=O)[C@]2(O)c1ccccc1F. The van der Waals surface area contributed by atoms with Crippen molar-refractivity contribution in [2.24, 2.45) is 11.8 Å². The molecule has 1 aliphatic carbocycles. The normalized spacial score (nSPS) is 26.5. The molecule has 5 rings (SSSR count). The van der Waals surface area contributed by atoms with Crippen molar-refractivity contribution >= 4 is 29.1 Å². The van der Waals surface area contributed by atoms with Crippen LogP contribution in [0.2, 0.25) is 0 Å². The number of hydrogen-bond acceptors (Lipinski definition) is 4. The van der Waals surface area contributed by atoms with Crippen molar-refractivity contribution in [1.29, 1.82) is 0 Å². The second-order valence-corrected chi connectivity index (χ2v) is 10.8. The third kappa shape index (κ3) is 4.89. The van der Waals surface area contributed by atoms with Crippen molar-refractivity contribution < 1.29 is 27.9 Å². The van der Waals surface area contributed by atoms with E-state index in [9.17, 15) is 27.9 Å². The number of aliphatic hydroxyl groups is 1. The average molecular weight is 558 g/mol. The molecule has 0 spiro atoms. The Morgan fingerprint density at radius 1 is 1.18 bits per heavy atom. The highest BCUT2D eigenvalue weighted by Crippen LogP contribution is 2.47. The van der Waals surface area contributed by atoms with E-state index in [-0.39, 0.29) is 36.1 Å². The molecule has 1 saturated carbocycles. The van der Waals surface area contributed by atoms with E-state index in [0.717, 1.165) is 5.56 Å². The predicted molar refractivity (Wildman–Crippen MR) is 140 cm³/mol. The number of benzene rings is 2. The van der Waals surface area contributed by atoms with E-state index < -0.39 is 52.9 Å². The molecule has 0 saturated heterocycles. The monoisotopic (exact) mass is 557 g/mol. The third-order valence-electron chi connectivity index (χ3n) is 7.72. The standard InChI is InChI=1S/C29H27ClF3N3O3/c1-16-8-9-21-25(11-16)36(28(38)29(21,39)20-6-2-3-7-23(20)31)15-18-12-19(26(32)33)24(13-22(18)30)35-27(37)17-5-4-10-34-14-17/h2-11,14,18-19,22,24,26,39H,12-13,15H2,1H3,(H,35,37)/t18-,19-,22-,24-,29+/m1/s1. The zero-order valence-corrected chi connectivity index (χ0v) is 21.8. The summed E-state index contributed by atoms with van der Waals surface area (Å²) in [5, 5.41) is 13.7. The molecular formula is C29H27ClF3N3O3. The second kappa shape index (κ2) is 10.6. The minimum absolute atomic E-state index is 0.0489. The molecular weight excluding hydrogens is 531 g/mol. The van der Waals surface area contributed by atoms with Crippen molar-refractivity contribution in [2.75, 3.05) is 11.4 Å². The van der Waals surface area contributed by atoms with Gasteiger partial charge >= 0.3 is 0 Å². The molecule has 0 unspecified atom stereocenters. The van der Waals surface area contributed by atoms with Gasteiger partial charge in [0.05, 0.1) is 11.3 Å². The number of nitrogens with zero attached hydrogens (tertiary/aromatic N) is 2. The number of anilines is 1. The fourth-order valence-electron chi connectivity index (χ4n) is 5.68. The van der Waals surface area contributed by atoms with Crippen molar-refractivity contribution in [3.8, 4) is 0 Å². The summed E-state index contributed by atoms with van der Waals surface area (Å²) in [5.41, 5.74) is -0.794. The first-order chi connectivity index (χ1) is 18.6. The van der Waals surface area contributed by atoms with Crippen LogP contribution >= 0.6 is 11.6 Å². The number of halogens is 4. The number of carbonyl (C=O) groups excluding carboxylic acids is 2. The van der Waals surface area contributed by atoms with Gasteiger partial charge in [-0.3, -0.25) is 14.6 Å². The molecule has 0 radical (unpaired) electrons. The Bertz CT molecular complexity index is 1390. The molecule has 1 aliphatic heterocycles. The minimum atomic E-state index is -2.74. The molecule has 5 atom stereocenters. The van der Waals surface area contributed by atoms with Gasteiger partial charge in [-0.05, 0) is 55.5 Å². The van der Waals surface area contributed by atoms with E-state index >= 15 is 0 Å². The van der Waals surface area contributed by atoms with Crippen LogP contribution in [0.4, 0.5) is 18.9 Å². The maximum absolute atomic E-state index is 14.8. The number of alkyl halides is 3. The van der Waals surface area contributed by atoms with Crippen molar-refractivity contribution in [2.45, 2.75) is 43.2 Å². The number of rotatable bonds is 6. The van der Waals surface area contributed by atoms with Crippen LogP contribution in [0.1, 0.15) is 39.9 Å². The molecule has 2 amide bonds. The maximum atomic E-state index is 14.8. The fraction of sp³-hybridized carbons (Fsp3) is 0.345. The van der Waals surface area contributed by atoms with E-state index in [1.54, 1.807) is 30.3 Å². The summed E-state index contributed by atoms with van der Waals surface area (Å²) < 4.78 is 43.3. The first-order valence-electron chi connectivity index (χ1n) is 12.6. The van der Waals surface area contributed by atoms with Crippen LogP contribution in [0.15, 0.2) is 67.0 Å². The molecule has 2 aliphatic rings. The highest BCUT2D eigenvalue weighted by molar-refractivity contribution is 6.21. The van der Waals surface area contributed by atoms with Gasteiger partial charge in [-0.25, -0.2) is 13.2 Å². The van der Waals surface area contributed by atoms with Gasteiger partial charge in [-0.1, -0.05) is 30.3 Å². The van der Waals surface area contributed by atoms with Gasteiger partial charge in [0, 0.05) is 47.4 Å². The Hall–Kier alpha value is -3.43. The number of carbonyl (C=O) groups is 2. The molecule has 1 fully saturated rings. The molecule has 2 aromatic carbocycles. The molecule has 2 N–H and O–H groups in total. The van der Waals surface area contributed by atoms with E-state index in [0.29, 0.717) is 5.69 Å². The lowest BCUT2D eigenvalue weighted by Crippen LogP contribution is -2.52. The molecule has 10 heteroatoms. The van der Waals surface area contributed by atoms with Crippen LogP contribution in [-0.4, -0.2) is 46.3 Å². The maximum Gasteiger partial charge on any atom is 0.268 e. The third-order valence-corrected chi connectivity index (χ3v) is 8.25. The Labute approximate surface area is 228 Å². The van der Waals surface area contributed by atoms with Gasteiger partial charge in [-0.15, -0.1) is 11.6 Å². The number of hydrogen-bond donors (Lipinski definition) is 2. The average Bonchev–Trinajstić information content (AvgIpc) is 3.12. The number of fused-ring (bicyclic) bond motifs is 1. The number of pyridine rings is 1. The predicted octanol–water partition coefficient (Wildman–Crippen LogP) is 4.81. The van der Waals surface area contributed by atoms with Gasteiger partial charge < -0.3 is 15.3 Å². The summed E-state index contributed by atoms with van der Waals surface area (Å²) in [6.07, 6.45) is 0.118. The molecule has 0 bridgehead atoms. The summed E-state index contributed by atoms with van der Waals surface area (Å²) in [6, 6.07) is 12.8. The number of nitrogens with one attached hydrogen (secondary N) is 1. The van der Waals surface area contributed by atoms with E-state index in [4.69, 9.17) is 11.6 Å². The zero-order chi connectivity index (χ0) is 27.9. The van der Waals surface area contributed by atoms with Gasteiger partial charge in [-0.2, -0.15) is 0 Å². The summed E-state index contributed by atoms with van der Waals surface area (Å²) >= 11 is 6.71. The molecule has 1 aromatic heterocycles. The van der Waals surface area contributed by atoms with Crippen LogP contribution in [0.5, 0.6) is 0 Å². The molecule has 3 aromatic rings. The smallest absolute Gasteiger partial charge is 0.268 e. The molecule has 39 heavy (non-hydrogen) atoms. The highest BCUT2D eigenvalue weighted by Gasteiger charge is 2.53. The summed E-state index contributed by atoms with van der Waals surface area (Å²) in [7, 11) is 0. The van der Waals surface area contributed by atoms with Crippen LogP contribution in [0.25, 0.3) is 0 Å². The Balaban J connectivity index is 1.41. The number of amides is 2. The lowest BCUT2D eigenvalue weighted by Gasteiger charge is -2.40. The van der Waals surface area contributed by atoms with Crippen LogP contribution in [0.3, 0.4) is 0 Å². The number of aryl methyl sites for hydroxylation is 1. The van der Waals surface area contributed by atoms with Crippen molar-refractivity contribution in [3.63, 3.8) is 0 Å². The summed E-state index contributed by atoms with van der Waals surface area (Å²) in [6.45, 7) is 1.77. The fourth-order valence-corrected chi connectivity index (χ4v) is 6.05. The molecule has 204 valence electrons. The zero-order valence-electron chi connectivity index (χ0n) is 21.0. The highest BCUT2D eigenvalue weighted by atomic mass is 35.5. The van der Waals surface area contributed by atoms with Gasteiger partial charge in [0.15, 0.2) is 5.60 Å². The molecule has 6 nitrogen and oxygen atoms in total. The molecule has 2 heterocycles. The van der Waals surface area contributed by atoms with E-state index in [2.05, 4.69) is 10.3 Å². The summed E-state index contributed by atoms with van der Waals surface area (Å²) in [4.78, 5) is 31.6.